The standard InChI is InChI=1S/C23H20F2N2/c24-20-11-9-17(10-12-20)13-26-14-19-16-27(23-8-4-2-6-21(19)23)15-18-5-1-3-7-22(18)25/h1-12,16,26H,13-15H2. The first kappa shape index (κ1) is 17.4. The van der Waals surface area contributed by atoms with Crippen LogP contribution < -0.4 is 5.32 Å². The minimum atomic E-state index is -0.227. The molecule has 0 amide bonds. The van der Waals surface area contributed by atoms with E-state index in [9.17, 15) is 8.78 Å². The zero-order chi connectivity index (χ0) is 18.6. The Balaban J connectivity index is 1.54. The van der Waals surface area contributed by atoms with Crippen molar-refractivity contribution in [2.75, 3.05) is 0 Å². The molecule has 4 aromatic rings. The quantitative estimate of drug-likeness (QED) is 0.495. The first-order valence-corrected chi connectivity index (χ1v) is 8.96. The number of rotatable bonds is 6. The van der Waals surface area contributed by atoms with E-state index >= 15 is 0 Å². The SMILES string of the molecule is Fc1ccc(CNCc2cn(Cc3ccccc3F)c3ccccc23)cc1. The minimum Gasteiger partial charge on any atom is -0.343 e. The number of nitrogens with zero attached hydrogens (tertiary/aromatic N) is 1. The third kappa shape index (κ3) is 3.91. The number of benzene rings is 3. The molecule has 136 valence electrons. The second-order valence-corrected chi connectivity index (χ2v) is 6.62. The van der Waals surface area contributed by atoms with Crippen molar-refractivity contribution in [3.63, 3.8) is 0 Å². The van der Waals surface area contributed by atoms with Crippen LogP contribution in [0.2, 0.25) is 0 Å². The second-order valence-electron chi connectivity index (χ2n) is 6.62. The monoisotopic (exact) mass is 362 g/mol. The maximum absolute atomic E-state index is 14.0. The van der Waals surface area contributed by atoms with Gasteiger partial charge in [-0.25, -0.2) is 8.78 Å². The van der Waals surface area contributed by atoms with Gasteiger partial charge < -0.3 is 9.88 Å². The Morgan fingerprint density at radius 3 is 2.30 bits per heavy atom. The molecule has 1 aromatic heterocycles. The molecule has 2 nitrogen and oxygen atoms in total. The van der Waals surface area contributed by atoms with Gasteiger partial charge in [0, 0.05) is 35.8 Å². The molecule has 0 unspecified atom stereocenters. The van der Waals surface area contributed by atoms with E-state index in [-0.39, 0.29) is 11.6 Å². The molecule has 0 aliphatic carbocycles. The van der Waals surface area contributed by atoms with E-state index in [0.29, 0.717) is 25.2 Å². The molecule has 0 saturated carbocycles. The fourth-order valence-corrected chi connectivity index (χ4v) is 3.35. The number of para-hydroxylation sites is 1. The molecule has 0 radical (unpaired) electrons. The van der Waals surface area contributed by atoms with Crippen LogP contribution in [0.15, 0.2) is 79.0 Å². The van der Waals surface area contributed by atoms with Crippen LogP contribution >= 0.6 is 0 Å². The van der Waals surface area contributed by atoms with Crippen LogP contribution in [0.3, 0.4) is 0 Å². The summed E-state index contributed by atoms with van der Waals surface area (Å²) in [4.78, 5) is 0. The van der Waals surface area contributed by atoms with Gasteiger partial charge in [-0.3, -0.25) is 0 Å². The van der Waals surface area contributed by atoms with Crippen LogP contribution in [-0.4, -0.2) is 4.57 Å². The normalized spacial score (nSPS) is 11.2. The van der Waals surface area contributed by atoms with E-state index in [1.165, 1.54) is 18.2 Å². The molecule has 4 heteroatoms. The fraction of sp³-hybridized carbons (Fsp3) is 0.130. The smallest absolute Gasteiger partial charge is 0.128 e. The highest BCUT2D eigenvalue weighted by molar-refractivity contribution is 5.84. The van der Waals surface area contributed by atoms with Gasteiger partial charge in [-0.15, -0.1) is 0 Å². The summed E-state index contributed by atoms with van der Waals surface area (Å²) in [5.74, 6) is -0.416. The van der Waals surface area contributed by atoms with Gasteiger partial charge in [0.1, 0.15) is 11.6 Å². The van der Waals surface area contributed by atoms with E-state index in [4.69, 9.17) is 0 Å². The lowest BCUT2D eigenvalue weighted by atomic mass is 10.1. The molecule has 0 atom stereocenters. The molecule has 0 saturated heterocycles. The molecule has 1 heterocycles. The van der Waals surface area contributed by atoms with Crippen LogP contribution in [0.4, 0.5) is 8.78 Å². The number of fused-ring (bicyclic) bond motifs is 1. The Labute approximate surface area is 157 Å². The maximum Gasteiger partial charge on any atom is 0.128 e. The Morgan fingerprint density at radius 2 is 1.48 bits per heavy atom. The Kier molecular flexibility index (Phi) is 4.99. The van der Waals surface area contributed by atoms with Crippen molar-refractivity contribution in [1.29, 1.82) is 0 Å². The maximum atomic E-state index is 14.0. The predicted molar refractivity (Wildman–Crippen MR) is 104 cm³/mol. The first-order valence-electron chi connectivity index (χ1n) is 8.96. The molecule has 0 spiro atoms. The van der Waals surface area contributed by atoms with E-state index in [0.717, 1.165) is 22.0 Å². The largest absolute Gasteiger partial charge is 0.343 e. The van der Waals surface area contributed by atoms with E-state index < -0.39 is 0 Å². The highest BCUT2D eigenvalue weighted by Gasteiger charge is 2.10. The third-order valence-corrected chi connectivity index (χ3v) is 4.73. The molecule has 0 aliphatic heterocycles. The Morgan fingerprint density at radius 1 is 0.741 bits per heavy atom. The van der Waals surface area contributed by atoms with Gasteiger partial charge >= 0.3 is 0 Å². The van der Waals surface area contributed by atoms with Crippen LogP contribution in [0.25, 0.3) is 10.9 Å². The van der Waals surface area contributed by atoms with Crippen molar-refractivity contribution in [3.8, 4) is 0 Å². The van der Waals surface area contributed by atoms with Crippen molar-refractivity contribution in [1.82, 2.24) is 9.88 Å². The Bertz CT molecular complexity index is 1050. The lowest BCUT2D eigenvalue weighted by molar-refractivity contribution is 0.601. The van der Waals surface area contributed by atoms with Crippen LogP contribution in [0, 0.1) is 11.6 Å². The van der Waals surface area contributed by atoms with Gasteiger partial charge in [0.2, 0.25) is 0 Å². The lowest BCUT2D eigenvalue weighted by Gasteiger charge is -2.06. The summed E-state index contributed by atoms with van der Waals surface area (Å²) in [7, 11) is 0. The highest BCUT2D eigenvalue weighted by Crippen LogP contribution is 2.23. The lowest BCUT2D eigenvalue weighted by Crippen LogP contribution is -2.12. The molecular weight excluding hydrogens is 342 g/mol. The van der Waals surface area contributed by atoms with Crippen LogP contribution in [-0.2, 0) is 19.6 Å². The van der Waals surface area contributed by atoms with Crippen molar-refractivity contribution >= 4 is 10.9 Å². The van der Waals surface area contributed by atoms with Crippen molar-refractivity contribution in [2.24, 2.45) is 0 Å². The summed E-state index contributed by atoms with van der Waals surface area (Å²) in [5, 5.41) is 4.56. The summed E-state index contributed by atoms with van der Waals surface area (Å²) in [6, 6.07) is 21.5. The third-order valence-electron chi connectivity index (χ3n) is 4.73. The number of hydrogen-bond acceptors (Lipinski definition) is 1. The van der Waals surface area contributed by atoms with Gasteiger partial charge in [-0.2, -0.15) is 0 Å². The molecule has 1 N–H and O–H groups in total. The van der Waals surface area contributed by atoms with Crippen molar-refractivity contribution < 1.29 is 8.78 Å². The zero-order valence-corrected chi connectivity index (χ0v) is 14.8. The molecule has 0 bridgehead atoms. The summed E-state index contributed by atoms with van der Waals surface area (Å²) < 4.78 is 29.1. The summed E-state index contributed by atoms with van der Waals surface area (Å²) >= 11 is 0. The van der Waals surface area contributed by atoms with E-state index in [2.05, 4.69) is 28.2 Å². The fourth-order valence-electron chi connectivity index (χ4n) is 3.35. The topological polar surface area (TPSA) is 17.0 Å². The average molecular weight is 362 g/mol. The summed E-state index contributed by atoms with van der Waals surface area (Å²) in [6.07, 6.45) is 2.08. The molecule has 4 rings (SSSR count). The van der Waals surface area contributed by atoms with Crippen LogP contribution in [0.1, 0.15) is 16.7 Å². The number of halogens is 2. The van der Waals surface area contributed by atoms with Gasteiger partial charge in [-0.05, 0) is 35.4 Å². The molecule has 0 fully saturated rings. The highest BCUT2D eigenvalue weighted by atomic mass is 19.1. The average Bonchev–Trinajstić information content (AvgIpc) is 3.03. The minimum absolute atomic E-state index is 0.189. The summed E-state index contributed by atoms with van der Waals surface area (Å²) in [6.45, 7) is 1.83. The van der Waals surface area contributed by atoms with Crippen molar-refractivity contribution in [2.45, 2.75) is 19.6 Å². The number of nitrogens with one attached hydrogen (secondary N) is 1. The second kappa shape index (κ2) is 7.72. The number of hydrogen-bond donors (Lipinski definition) is 1. The van der Waals surface area contributed by atoms with Gasteiger partial charge in [0.15, 0.2) is 0 Å². The van der Waals surface area contributed by atoms with E-state index in [1.54, 1.807) is 18.2 Å². The van der Waals surface area contributed by atoms with Crippen molar-refractivity contribution in [3.05, 3.63) is 107 Å². The van der Waals surface area contributed by atoms with Gasteiger partial charge in [-0.1, -0.05) is 48.5 Å². The molecular formula is C23H20F2N2. The van der Waals surface area contributed by atoms with Crippen LogP contribution in [0.5, 0.6) is 0 Å². The van der Waals surface area contributed by atoms with Gasteiger partial charge in [0.05, 0.1) is 6.54 Å². The molecule has 0 aliphatic rings. The zero-order valence-electron chi connectivity index (χ0n) is 14.8. The predicted octanol–water partition coefficient (Wildman–Crippen LogP) is 5.26. The van der Waals surface area contributed by atoms with Gasteiger partial charge in [0.25, 0.3) is 0 Å². The first-order chi connectivity index (χ1) is 13.2. The van der Waals surface area contributed by atoms with E-state index in [1.807, 2.05) is 24.3 Å². The Hall–Kier alpha value is -2.98. The molecule has 3 aromatic carbocycles. The summed E-state index contributed by atoms with van der Waals surface area (Å²) in [5.41, 5.74) is 3.94. The number of aromatic nitrogens is 1. The molecule has 27 heavy (non-hydrogen) atoms.